The number of rotatable bonds is 10. The molecule has 0 fully saturated rings. The van der Waals surface area contributed by atoms with Crippen molar-refractivity contribution in [3.63, 3.8) is 0 Å². The second kappa shape index (κ2) is 9.00. The van der Waals surface area contributed by atoms with Gasteiger partial charge in [-0.3, -0.25) is 9.35 Å². The normalized spacial score (nSPS) is 17.2. The van der Waals surface area contributed by atoms with Gasteiger partial charge in [-0.05, 0) is 43.0 Å². The van der Waals surface area contributed by atoms with Gasteiger partial charge in [0.2, 0.25) is 0 Å². The Labute approximate surface area is 203 Å². The number of hydrogen-bond donors (Lipinski definition) is 2. The largest absolute Gasteiger partial charge is 0.738 e. The van der Waals surface area contributed by atoms with Gasteiger partial charge in [-0.2, -0.15) is 8.42 Å². The molecule has 0 bridgehead atoms. The maximum atomic E-state index is 16.2. The topological polar surface area (TPSA) is 95.2 Å². The minimum atomic E-state index is -4.41. The number of aryl methyl sites for hydroxylation is 1. The van der Waals surface area contributed by atoms with Crippen LogP contribution in [0.4, 0.5) is 8.63 Å². The van der Waals surface area contributed by atoms with Crippen molar-refractivity contribution in [2.45, 2.75) is 25.7 Å². The number of aromatic nitrogens is 2. The van der Waals surface area contributed by atoms with Gasteiger partial charge in [-0.25, -0.2) is 0 Å². The second-order valence-electron chi connectivity index (χ2n) is 10.1. The average molecular weight is 507 g/mol. The molecule has 2 aromatic heterocycles. The molecule has 0 saturated carbocycles. The number of aromatic amines is 1. The van der Waals surface area contributed by atoms with Crippen molar-refractivity contribution in [3.05, 3.63) is 64.4 Å². The fourth-order valence-electron chi connectivity index (χ4n) is 4.84. The smallest absolute Gasteiger partial charge is 0.389 e. The summed E-state index contributed by atoms with van der Waals surface area (Å²) < 4.78 is 66.2. The minimum Gasteiger partial charge on any atom is -0.389 e. The third-order valence-electron chi connectivity index (χ3n) is 6.36. The molecule has 0 radical (unpaired) electrons. The molecule has 0 atom stereocenters. The van der Waals surface area contributed by atoms with Crippen LogP contribution in [0.25, 0.3) is 6.08 Å². The molecule has 0 aromatic carbocycles. The molecule has 12 heteroatoms. The quantitative estimate of drug-likeness (QED) is 0.224. The molecule has 2 aliphatic heterocycles. The van der Waals surface area contributed by atoms with E-state index in [-0.39, 0.29) is 24.2 Å². The van der Waals surface area contributed by atoms with E-state index in [4.69, 9.17) is 4.55 Å². The SMILES string of the molecule is C[N+](C)(C)CCCC1=CC(c2ccc[nH]2)=[N+]2C1=Cc1c(CCCS(=O)(=O)O)cc(C=O)n1[B-]2(F)F. The highest BCUT2D eigenvalue weighted by Crippen LogP contribution is 2.39. The van der Waals surface area contributed by atoms with E-state index in [0.717, 1.165) is 32.0 Å². The Balaban J connectivity index is 1.81. The molecule has 2 aromatic rings. The van der Waals surface area contributed by atoms with E-state index in [1.165, 1.54) is 6.07 Å². The van der Waals surface area contributed by atoms with Gasteiger partial charge in [-0.15, -0.1) is 0 Å². The fraction of sp³-hybridized carbons (Fsp3) is 0.391. The number of allylic oxidation sites excluding steroid dienone is 2. The molecule has 0 aliphatic carbocycles. The van der Waals surface area contributed by atoms with E-state index in [9.17, 15) is 13.2 Å². The zero-order valence-electron chi connectivity index (χ0n) is 20.0. The second-order valence-corrected chi connectivity index (χ2v) is 11.7. The van der Waals surface area contributed by atoms with Crippen molar-refractivity contribution in [3.8, 4) is 0 Å². The Morgan fingerprint density at radius 3 is 2.54 bits per heavy atom. The number of nitrogens with zero attached hydrogens (tertiary/aromatic N) is 3. The highest BCUT2D eigenvalue weighted by Gasteiger charge is 2.54. The maximum Gasteiger partial charge on any atom is 0.738 e. The lowest BCUT2D eigenvalue weighted by molar-refractivity contribution is -0.870. The van der Waals surface area contributed by atoms with E-state index < -0.39 is 22.8 Å². The van der Waals surface area contributed by atoms with E-state index in [2.05, 4.69) is 26.1 Å². The van der Waals surface area contributed by atoms with Gasteiger partial charge in [0.15, 0.2) is 17.7 Å². The molecule has 0 spiro atoms. The number of nitrogens with one attached hydrogen (secondary N) is 1. The number of quaternary nitrogens is 1. The molecular formula is C23H30BF2N4O4S+. The first kappa shape index (κ1) is 25.3. The summed E-state index contributed by atoms with van der Waals surface area (Å²) in [6.45, 7) is -3.54. The molecular weight excluding hydrogens is 477 g/mol. The number of fused-ring (bicyclic) bond motifs is 2. The van der Waals surface area contributed by atoms with Crippen LogP contribution in [0, 0.1) is 0 Å². The van der Waals surface area contributed by atoms with E-state index in [0.29, 0.717) is 35.4 Å². The molecule has 4 heterocycles. The first-order valence-corrected chi connectivity index (χ1v) is 13.1. The van der Waals surface area contributed by atoms with Crippen molar-refractivity contribution in [2.24, 2.45) is 0 Å². The highest BCUT2D eigenvalue weighted by atomic mass is 32.2. The molecule has 35 heavy (non-hydrogen) atoms. The van der Waals surface area contributed by atoms with Crippen molar-refractivity contribution < 1.29 is 35.4 Å². The zero-order valence-corrected chi connectivity index (χ0v) is 20.9. The number of H-pyrrole nitrogens is 1. The lowest BCUT2D eigenvalue weighted by Gasteiger charge is -2.31. The van der Waals surface area contributed by atoms with Gasteiger partial charge in [0.25, 0.3) is 10.1 Å². The standard InChI is InChI=1S/C23H29BF2N4O4S/c1-30(2,3)11-5-7-18-14-23(20-9-4-10-27-20)29-22(18)15-21-17(8-6-12-35(32,33)34)13-19(16-31)28(21)24(29,25)26/h4,9-10,13-16H,5-8,11-12H2,1-3H3,(H-,27,31,32,33,34)/p+1. The fourth-order valence-corrected chi connectivity index (χ4v) is 5.35. The molecule has 0 saturated heterocycles. The van der Waals surface area contributed by atoms with Gasteiger partial charge in [0, 0.05) is 36.0 Å². The number of aldehydes is 1. The van der Waals surface area contributed by atoms with Crippen molar-refractivity contribution in [2.75, 3.05) is 33.4 Å². The summed E-state index contributed by atoms with van der Waals surface area (Å²) >= 11 is 0. The summed E-state index contributed by atoms with van der Waals surface area (Å²) in [5.74, 6) is -0.487. The maximum absolute atomic E-state index is 16.2. The van der Waals surface area contributed by atoms with Gasteiger partial charge in [0.05, 0.1) is 39.1 Å². The van der Waals surface area contributed by atoms with Crippen LogP contribution in [0.5, 0.6) is 0 Å². The van der Waals surface area contributed by atoms with Crippen LogP contribution in [0.1, 0.15) is 46.7 Å². The van der Waals surface area contributed by atoms with Gasteiger partial charge < -0.3 is 27.1 Å². The summed E-state index contributed by atoms with van der Waals surface area (Å²) in [4.78, 5) is 14.8. The van der Waals surface area contributed by atoms with Crippen LogP contribution in [0.3, 0.4) is 0 Å². The summed E-state index contributed by atoms with van der Waals surface area (Å²) in [7, 11) is 2.06. The van der Waals surface area contributed by atoms with Gasteiger partial charge in [-0.1, -0.05) is 0 Å². The Kier molecular flexibility index (Phi) is 6.50. The van der Waals surface area contributed by atoms with Gasteiger partial charge >= 0.3 is 6.97 Å². The molecule has 0 amide bonds. The van der Waals surface area contributed by atoms with Crippen LogP contribution in [0.15, 0.2) is 41.7 Å². The first-order chi connectivity index (χ1) is 16.3. The molecule has 4 rings (SSSR count). The average Bonchev–Trinajstić information content (AvgIpc) is 3.45. The molecule has 2 aliphatic rings. The lowest BCUT2D eigenvalue weighted by Crippen LogP contribution is -2.51. The number of carbonyl (C=O) groups excluding carboxylic acids is 1. The zero-order chi connectivity index (χ0) is 25.6. The minimum absolute atomic E-state index is 0.0473. The highest BCUT2D eigenvalue weighted by molar-refractivity contribution is 7.85. The predicted molar refractivity (Wildman–Crippen MR) is 131 cm³/mol. The van der Waals surface area contributed by atoms with E-state index in [1.807, 2.05) is 0 Å². The lowest BCUT2D eigenvalue weighted by atomic mass is 9.88. The molecule has 0 unspecified atom stereocenters. The van der Waals surface area contributed by atoms with Crippen molar-refractivity contribution >= 4 is 35.2 Å². The van der Waals surface area contributed by atoms with E-state index in [1.54, 1.807) is 30.5 Å². The summed E-state index contributed by atoms with van der Waals surface area (Å²) in [6.07, 6.45) is 7.11. The molecule has 188 valence electrons. The van der Waals surface area contributed by atoms with Crippen LogP contribution in [-0.4, -0.2) is 83.8 Å². The number of hydrogen-bond acceptors (Lipinski definition) is 3. The third-order valence-corrected chi connectivity index (χ3v) is 7.17. The van der Waals surface area contributed by atoms with Crippen molar-refractivity contribution in [1.29, 1.82) is 0 Å². The molecule has 2 N–H and O–H groups in total. The third kappa shape index (κ3) is 5.09. The van der Waals surface area contributed by atoms with Crippen LogP contribution < -0.4 is 0 Å². The Morgan fingerprint density at radius 2 is 1.94 bits per heavy atom. The Bertz CT molecular complexity index is 1350. The van der Waals surface area contributed by atoms with Crippen molar-refractivity contribution in [1.82, 2.24) is 9.46 Å². The molecule has 8 nitrogen and oxygen atoms in total. The van der Waals surface area contributed by atoms with E-state index >= 15 is 8.63 Å². The van der Waals surface area contributed by atoms with Crippen LogP contribution in [0.2, 0.25) is 0 Å². The monoisotopic (exact) mass is 507 g/mol. The summed E-state index contributed by atoms with van der Waals surface area (Å²) in [5.41, 5.74) is 2.54. The first-order valence-electron chi connectivity index (χ1n) is 11.5. The Morgan fingerprint density at radius 1 is 1.20 bits per heavy atom. The van der Waals surface area contributed by atoms with Crippen LogP contribution in [-0.2, 0) is 16.5 Å². The predicted octanol–water partition coefficient (Wildman–Crippen LogP) is 2.95. The Hall–Kier alpha value is -2.83. The summed E-state index contributed by atoms with van der Waals surface area (Å²) in [6, 6.07) is 4.86. The van der Waals surface area contributed by atoms with Gasteiger partial charge in [0.1, 0.15) is 5.69 Å². The number of carbonyl (C=O) groups is 1. The van der Waals surface area contributed by atoms with Crippen LogP contribution >= 0.6 is 0 Å². The summed E-state index contributed by atoms with van der Waals surface area (Å²) in [5, 5.41) is 0. The number of halogens is 2.